The Kier molecular flexibility index (Phi) is 6.84. The lowest BCUT2D eigenvalue weighted by Gasteiger charge is -2.46. The number of rotatable bonds is 7. The predicted molar refractivity (Wildman–Crippen MR) is 101 cm³/mol. The first-order valence-corrected chi connectivity index (χ1v) is 9.92. The molecule has 1 N–H and O–H groups in total. The van der Waals surface area contributed by atoms with Crippen molar-refractivity contribution in [1.82, 2.24) is 24.5 Å². The largest absolute Gasteiger partial charge is 0.481 e. The lowest BCUT2D eigenvalue weighted by Crippen LogP contribution is -2.57. The summed E-state index contributed by atoms with van der Waals surface area (Å²) in [6.07, 6.45) is 5.75. The Labute approximate surface area is 160 Å². The molecule has 2 aliphatic rings. The van der Waals surface area contributed by atoms with Crippen LogP contribution in [0.1, 0.15) is 25.7 Å². The summed E-state index contributed by atoms with van der Waals surface area (Å²) in [5.41, 5.74) is 0. The molecule has 0 radical (unpaired) electrons. The second-order valence-corrected chi connectivity index (χ2v) is 7.75. The molecule has 2 atom stereocenters. The molecule has 0 spiro atoms. The van der Waals surface area contributed by atoms with Crippen LogP contribution in [0.15, 0.2) is 18.5 Å². The average Bonchev–Trinajstić information content (AvgIpc) is 3.18. The van der Waals surface area contributed by atoms with Crippen molar-refractivity contribution in [2.45, 2.75) is 38.3 Å². The molecular formula is C19H31N5O3. The zero-order valence-corrected chi connectivity index (χ0v) is 16.2. The van der Waals surface area contributed by atoms with Crippen LogP contribution in [0, 0.1) is 5.92 Å². The van der Waals surface area contributed by atoms with E-state index in [9.17, 15) is 9.59 Å². The molecule has 1 aromatic heterocycles. The molecule has 27 heavy (non-hydrogen) atoms. The predicted octanol–water partition coefficient (Wildman–Crippen LogP) is 0.603. The summed E-state index contributed by atoms with van der Waals surface area (Å²) in [6.45, 7) is 6.17. The number of piperidine rings is 1. The molecule has 8 heteroatoms. The lowest BCUT2D eigenvalue weighted by atomic mass is 9.86. The molecule has 0 bridgehead atoms. The highest BCUT2D eigenvalue weighted by atomic mass is 16.4. The summed E-state index contributed by atoms with van der Waals surface area (Å²) < 4.78 is 1.77. The normalized spacial score (nSPS) is 24.9. The average molecular weight is 377 g/mol. The number of likely N-dealkylation sites (N-methyl/N-ethyl adjacent to an activating group) is 1. The molecule has 1 aromatic rings. The van der Waals surface area contributed by atoms with Crippen LogP contribution in [0.3, 0.4) is 0 Å². The third-order valence-corrected chi connectivity index (χ3v) is 5.90. The summed E-state index contributed by atoms with van der Waals surface area (Å²) in [5, 5.41) is 13.3. The zero-order valence-electron chi connectivity index (χ0n) is 16.2. The number of carbonyl (C=O) groups excluding carboxylic acids is 1. The standard InChI is InChI=1S/C19H31N5O3/c1-21-11-13-22(14-12-21)17-5-9-23(15-16(17)3-4-19(26)27)18(25)6-10-24-8-2-7-20-24/h2,7-8,16-17H,3-6,9-15H2,1H3,(H,26,27)/t16-,17+/m1/s1. The van der Waals surface area contributed by atoms with Crippen LogP contribution in [0.4, 0.5) is 0 Å². The maximum absolute atomic E-state index is 12.7. The zero-order chi connectivity index (χ0) is 19.2. The van der Waals surface area contributed by atoms with Crippen LogP contribution in [-0.2, 0) is 16.1 Å². The molecule has 3 heterocycles. The number of aryl methyl sites for hydroxylation is 1. The topological polar surface area (TPSA) is 81.9 Å². The van der Waals surface area contributed by atoms with Gasteiger partial charge in [0, 0.05) is 77.1 Å². The number of nitrogens with zero attached hydrogens (tertiary/aromatic N) is 5. The van der Waals surface area contributed by atoms with Crippen molar-refractivity contribution in [3.05, 3.63) is 18.5 Å². The fourth-order valence-corrected chi connectivity index (χ4v) is 4.27. The van der Waals surface area contributed by atoms with Gasteiger partial charge in [-0.3, -0.25) is 19.2 Å². The molecular weight excluding hydrogens is 346 g/mol. The van der Waals surface area contributed by atoms with Gasteiger partial charge in [0.1, 0.15) is 0 Å². The van der Waals surface area contributed by atoms with Crippen LogP contribution in [0.2, 0.25) is 0 Å². The lowest BCUT2D eigenvalue weighted by molar-refractivity contribution is -0.138. The fourth-order valence-electron chi connectivity index (χ4n) is 4.27. The van der Waals surface area contributed by atoms with Gasteiger partial charge in [-0.25, -0.2) is 0 Å². The highest BCUT2D eigenvalue weighted by Crippen LogP contribution is 2.27. The molecule has 8 nitrogen and oxygen atoms in total. The van der Waals surface area contributed by atoms with Gasteiger partial charge in [-0.2, -0.15) is 5.10 Å². The molecule has 2 aliphatic heterocycles. The fraction of sp³-hybridized carbons (Fsp3) is 0.737. The number of carboxylic acids is 1. The van der Waals surface area contributed by atoms with Gasteiger partial charge in [0.2, 0.25) is 5.91 Å². The quantitative estimate of drug-likeness (QED) is 0.750. The second kappa shape index (κ2) is 9.32. The molecule has 0 aromatic carbocycles. The highest BCUT2D eigenvalue weighted by molar-refractivity contribution is 5.76. The summed E-state index contributed by atoms with van der Waals surface area (Å²) >= 11 is 0. The SMILES string of the molecule is CN1CCN([C@H]2CCN(C(=O)CCn3cccn3)C[C@H]2CCC(=O)O)CC1. The van der Waals surface area contributed by atoms with Gasteiger partial charge >= 0.3 is 5.97 Å². The first-order chi connectivity index (χ1) is 13.0. The van der Waals surface area contributed by atoms with Gasteiger partial charge in [0.15, 0.2) is 0 Å². The van der Waals surface area contributed by atoms with Crippen molar-refractivity contribution in [2.75, 3.05) is 46.3 Å². The van der Waals surface area contributed by atoms with E-state index in [1.54, 1.807) is 10.9 Å². The van der Waals surface area contributed by atoms with Crippen LogP contribution in [0.5, 0.6) is 0 Å². The van der Waals surface area contributed by atoms with E-state index in [0.717, 1.165) is 39.1 Å². The number of hydrogen-bond donors (Lipinski definition) is 1. The van der Waals surface area contributed by atoms with Crippen LogP contribution in [-0.4, -0.2) is 93.8 Å². The van der Waals surface area contributed by atoms with Crippen molar-refractivity contribution >= 4 is 11.9 Å². The van der Waals surface area contributed by atoms with Gasteiger partial charge < -0.3 is 14.9 Å². The second-order valence-electron chi connectivity index (χ2n) is 7.75. The Morgan fingerprint density at radius 3 is 2.59 bits per heavy atom. The third-order valence-electron chi connectivity index (χ3n) is 5.90. The van der Waals surface area contributed by atoms with E-state index in [2.05, 4.69) is 21.9 Å². The van der Waals surface area contributed by atoms with Gasteiger partial charge in [0.25, 0.3) is 0 Å². The number of carboxylic acid groups (broad SMARTS) is 1. The smallest absolute Gasteiger partial charge is 0.303 e. The Balaban J connectivity index is 1.57. The minimum absolute atomic E-state index is 0.141. The summed E-state index contributed by atoms with van der Waals surface area (Å²) in [6, 6.07) is 2.24. The minimum atomic E-state index is -0.755. The molecule has 0 unspecified atom stereocenters. The van der Waals surface area contributed by atoms with E-state index in [1.807, 2.05) is 17.2 Å². The van der Waals surface area contributed by atoms with Crippen molar-refractivity contribution in [2.24, 2.45) is 5.92 Å². The summed E-state index contributed by atoms with van der Waals surface area (Å²) in [5.74, 6) is -0.385. The van der Waals surface area contributed by atoms with Gasteiger partial charge in [0.05, 0.1) is 0 Å². The Morgan fingerprint density at radius 1 is 1.15 bits per heavy atom. The van der Waals surface area contributed by atoms with Crippen LogP contribution in [0.25, 0.3) is 0 Å². The number of amides is 1. The molecule has 2 saturated heterocycles. The van der Waals surface area contributed by atoms with Crippen molar-refractivity contribution in [3.8, 4) is 0 Å². The van der Waals surface area contributed by atoms with E-state index < -0.39 is 5.97 Å². The Hall–Kier alpha value is -1.93. The summed E-state index contributed by atoms with van der Waals surface area (Å²) in [7, 11) is 2.14. The van der Waals surface area contributed by atoms with Gasteiger partial charge in [-0.15, -0.1) is 0 Å². The van der Waals surface area contributed by atoms with Crippen molar-refractivity contribution in [1.29, 1.82) is 0 Å². The van der Waals surface area contributed by atoms with Crippen molar-refractivity contribution in [3.63, 3.8) is 0 Å². The number of likely N-dealkylation sites (tertiary alicyclic amines) is 1. The molecule has 0 saturated carbocycles. The highest BCUT2D eigenvalue weighted by Gasteiger charge is 2.35. The summed E-state index contributed by atoms with van der Waals surface area (Å²) in [4.78, 5) is 30.5. The third kappa shape index (κ3) is 5.52. The van der Waals surface area contributed by atoms with E-state index in [0.29, 0.717) is 32.0 Å². The Bertz CT molecular complexity index is 613. The molecule has 150 valence electrons. The number of piperazine rings is 1. The van der Waals surface area contributed by atoms with Gasteiger partial charge in [-0.1, -0.05) is 0 Å². The first-order valence-electron chi connectivity index (χ1n) is 9.92. The van der Waals surface area contributed by atoms with Crippen LogP contribution < -0.4 is 0 Å². The molecule has 3 rings (SSSR count). The maximum Gasteiger partial charge on any atom is 0.303 e. The number of aromatic nitrogens is 2. The van der Waals surface area contributed by atoms with E-state index in [4.69, 9.17) is 5.11 Å². The van der Waals surface area contributed by atoms with E-state index in [-0.39, 0.29) is 18.2 Å². The first kappa shape index (κ1) is 19.8. The van der Waals surface area contributed by atoms with Crippen LogP contribution >= 0.6 is 0 Å². The number of hydrogen-bond acceptors (Lipinski definition) is 5. The van der Waals surface area contributed by atoms with E-state index >= 15 is 0 Å². The number of aliphatic carboxylic acids is 1. The van der Waals surface area contributed by atoms with Gasteiger partial charge in [-0.05, 0) is 31.9 Å². The Morgan fingerprint density at radius 2 is 1.93 bits per heavy atom. The maximum atomic E-state index is 12.7. The van der Waals surface area contributed by atoms with Crippen molar-refractivity contribution < 1.29 is 14.7 Å². The monoisotopic (exact) mass is 377 g/mol. The number of carbonyl (C=O) groups is 2. The van der Waals surface area contributed by atoms with E-state index in [1.165, 1.54) is 0 Å². The molecule has 2 fully saturated rings. The molecule has 0 aliphatic carbocycles. The molecule has 1 amide bonds. The minimum Gasteiger partial charge on any atom is -0.481 e.